The maximum absolute atomic E-state index is 13.0. The number of hydrogen-bond acceptors (Lipinski definition) is 5. The number of anilines is 1. The van der Waals surface area contributed by atoms with Gasteiger partial charge in [0.05, 0.1) is 5.69 Å². The van der Waals surface area contributed by atoms with Gasteiger partial charge in [-0.15, -0.1) is 11.3 Å². The second-order valence-corrected chi connectivity index (χ2v) is 8.48. The average molecular weight is 418 g/mol. The molecule has 4 heterocycles. The molecule has 1 saturated heterocycles. The minimum absolute atomic E-state index is 0.00409. The first-order chi connectivity index (χ1) is 14.7. The van der Waals surface area contributed by atoms with Crippen LogP contribution in [0.3, 0.4) is 0 Å². The molecule has 1 aromatic carbocycles. The van der Waals surface area contributed by atoms with Crippen LogP contribution in [0.15, 0.2) is 66.3 Å². The van der Waals surface area contributed by atoms with Crippen LogP contribution in [0.5, 0.6) is 0 Å². The number of aromatic nitrogens is 3. The maximum Gasteiger partial charge on any atom is 0.273 e. The Kier molecular flexibility index (Phi) is 4.75. The second-order valence-electron chi connectivity index (χ2n) is 7.62. The Bertz CT molecular complexity index is 1140. The number of fused-ring (bicyclic) bond motifs is 1. The quantitative estimate of drug-likeness (QED) is 0.544. The lowest BCUT2D eigenvalue weighted by Crippen LogP contribution is -2.46. The zero-order chi connectivity index (χ0) is 20.6. The Hall–Kier alpha value is -3.19. The van der Waals surface area contributed by atoms with Crippen LogP contribution in [-0.4, -0.2) is 45.3 Å². The smallest absolute Gasteiger partial charge is 0.273 e. The van der Waals surface area contributed by atoms with Crippen molar-refractivity contribution in [3.8, 4) is 0 Å². The number of nitrogens with one attached hydrogen (secondary N) is 1. The summed E-state index contributed by atoms with van der Waals surface area (Å²) in [6.45, 7) is 1.35. The molecule has 0 unspecified atom stereocenters. The maximum atomic E-state index is 13.0. The fourth-order valence-corrected chi connectivity index (χ4v) is 5.00. The number of thiazole rings is 1. The van der Waals surface area contributed by atoms with Gasteiger partial charge in [0.2, 0.25) is 0 Å². The minimum atomic E-state index is -0.206. The number of carbonyl (C=O) groups excluding carboxylic acids is 1. The number of likely N-dealkylation sites (tertiary alicyclic amines) is 1. The number of amides is 1. The molecule has 1 fully saturated rings. The van der Waals surface area contributed by atoms with Gasteiger partial charge in [-0.25, -0.2) is 9.97 Å². The van der Waals surface area contributed by atoms with Crippen LogP contribution < -0.4 is 5.32 Å². The van der Waals surface area contributed by atoms with Crippen LogP contribution in [0.4, 0.5) is 5.13 Å². The van der Waals surface area contributed by atoms with Crippen LogP contribution in [0.25, 0.3) is 5.65 Å². The molecule has 7 heteroatoms. The lowest BCUT2D eigenvalue weighted by Gasteiger charge is -2.41. The first kappa shape index (κ1) is 18.8. The zero-order valence-corrected chi connectivity index (χ0v) is 17.6. The molecule has 0 bridgehead atoms. The fourth-order valence-electron chi connectivity index (χ4n) is 4.36. The van der Waals surface area contributed by atoms with Crippen molar-refractivity contribution < 1.29 is 4.79 Å². The Morgan fingerprint density at radius 1 is 1.07 bits per heavy atom. The number of benzene rings is 1. The summed E-state index contributed by atoms with van der Waals surface area (Å²) in [6, 6.07) is 16.6. The van der Waals surface area contributed by atoms with Gasteiger partial charge < -0.3 is 14.6 Å². The number of pyridine rings is 1. The molecule has 5 rings (SSSR count). The molecule has 4 aromatic rings. The van der Waals surface area contributed by atoms with Gasteiger partial charge >= 0.3 is 0 Å². The normalized spacial score (nSPS) is 16.0. The number of nitrogens with zero attached hydrogens (tertiary/aromatic N) is 4. The highest BCUT2D eigenvalue weighted by Gasteiger charge is 2.41. The molecule has 152 valence electrons. The van der Waals surface area contributed by atoms with Crippen molar-refractivity contribution in [2.45, 2.75) is 18.3 Å². The van der Waals surface area contributed by atoms with Gasteiger partial charge in [0.25, 0.3) is 5.91 Å². The van der Waals surface area contributed by atoms with Gasteiger partial charge in [0.15, 0.2) is 5.13 Å². The van der Waals surface area contributed by atoms with E-state index in [9.17, 15) is 4.79 Å². The summed E-state index contributed by atoms with van der Waals surface area (Å²) in [5, 5.41) is 5.59. The first-order valence-corrected chi connectivity index (χ1v) is 11.0. The van der Waals surface area contributed by atoms with E-state index in [1.54, 1.807) is 0 Å². The average Bonchev–Trinajstić information content (AvgIpc) is 3.46. The van der Waals surface area contributed by atoms with Crippen molar-refractivity contribution in [1.82, 2.24) is 19.3 Å². The van der Waals surface area contributed by atoms with Gasteiger partial charge in [0.1, 0.15) is 11.3 Å². The Morgan fingerprint density at radius 2 is 1.83 bits per heavy atom. The van der Waals surface area contributed by atoms with Crippen LogP contribution in [0.2, 0.25) is 0 Å². The summed E-state index contributed by atoms with van der Waals surface area (Å²) in [4.78, 5) is 24.3. The van der Waals surface area contributed by atoms with E-state index in [1.165, 1.54) is 16.9 Å². The number of imidazole rings is 1. The molecule has 0 atom stereocenters. The van der Waals surface area contributed by atoms with Crippen molar-refractivity contribution in [2.24, 2.45) is 0 Å². The lowest BCUT2D eigenvalue weighted by atomic mass is 9.70. The highest BCUT2D eigenvalue weighted by atomic mass is 32.1. The van der Waals surface area contributed by atoms with E-state index in [1.807, 2.05) is 47.8 Å². The molecule has 6 nitrogen and oxygen atoms in total. The molecule has 1 N–H and O–H groups in total. The molecule has 0 spiro atoms. The Morgan fingerprint density at radius 3 is 2.53 bits per heavy atom. The molecule has 3 aromatic heterocycles. The van der Waals surface area contributed by atoms with E-state index < -0.39 is 0 Å². The van der Waals surface area contributed by atoms with Crippen molar-refractivity contribution in [3.63, 3.8) is 0 Å². The summed E-state index contributed by atoms with van der Waals surface area (Å²) >= 11 is 1.46. The minimum Gasteiger partial charge on any atom is -0.365 e. The standard InChI is InChI=1S/C23H23N5OS/c1-24-22-25-18(16-30-22)21(29)27-13-10-23(11-14-27,17-7-3-2-4-8-17)19-15-28-12-6-5-9-20(28)26-19/h2-9,12,15-16H,10-11,13-14H2,1H3,(H,24,25). The van der Waals surface area contributed by atoms with Crippen LogP contribution in [-0.2, 0) is 5.41 Å². The van der Waals surface area contributed by atoms with E-state index in [0.29, 0.717) is 18.8 Å². The van der Waals surface area contributed by atoms with E-state index in [0.717, 1.165) is 29.3 Å². The predicted molar refractivity (Wildman–Crippen MR) is 119 cm³/mol. The topological polar surface area (TPSA) is 62.5 Å². The first-order valence-electron chi connectivity index (χ1n) is 10.1. The zero-order valence-electron chi connectivity index (χ0n) is 16.8. The Balaban J connectivity index is 1.47. The van der Waals surface area contributed by atoms with Crippen molar-refractivity contribution >= 4 is 28.0 Å². The largest absolute Gasteiger partial charge is 0.365 e. The van der Waals surface area contributed by atoms with Gasteiger partial charge in [-0.3, -0.25) is 4.79 Å². The summed E-state index contributed by atoms with van der Waals surface area (Å²) in [7, 11) is 1.82. The van der Waals surface area contributed by atoms with Crippen LogP contribution in [0, 0.1) is 0 Å². The number of rotatable bonds is 4. The molecule has 1 aliphatic heterocycles. The summed E-state index contributed by atoms with van der Waals surface area (Å²) in [5.41, 5.74) is 3.58. The highest BCUT2D eigenvalue weighted by molar-refractivity contribution is 7.13. The van der Waals surface area contributed by atoms with E-state index >= 15 is 0 Å². The van der Waals surface area contributed by atoms with Gasteiger partial charge in [-0.1, -0.05) is 36.4 Å². The molecule has 0 saturated carbocycles. The number of carbonyl (C=O) groups is 1. The monoisotopic (exact) mass is 417 g/mol. The van der Waals surface area contributed by atoms with E-state index in [2.05, 4.69) is 45.2 Å². The summed E-state index contributed by atoms with van der Waals surface area (Å²) in [5.74, 6) is 0.00409. The fraction of sp³-hybridized carbons (Fsp3) is 0.261. The van der Waals surface area contributed by atoms with Crippen molar-refractivity contribution in [3.05, 3.63) is 83.3 Å². The third-order valence-corrected chi connectivity index (χ3v) is 6.88. The third-order valence-electron chi connectivity index (χ3n) is 6.02. The Labute approximate surface area is 179 Å². The second kappa shape index (κ2) is 7.57. The number of piperidine rings is 1. The molecular formula is C23H23N5OS. The van der Waals surface area contributed by atoms with Crippen molar-refractivity contribution in [1.29, 1.82) is 0 Å². The highest BCUT2D eigenvalue weighted by Crippen LogP contribution is 2.41. The van der Waals surface area contributed by atoms with Gasteiger partial charge in [-0.05, 0) is 30.5 Å². The van der Waals surface area contributed by atoms with E-state index in [-0.39, 0.29) is 11.3 Å². The lowest BCUT2D eigenvalue weighted by molar-refractivity contribution is 0.0679. The molecule has 30 heavy (non-hydrogen) atoms. The summed E-state index contributed by atoms with van der Waals surface area (Å²) in [6.07, 6.45) is 5.83. The SMILES string of the molecule is CNc1nc(C(=O)N2CCC(c3ccccc3)(c3cn4ccccc4n3)CC2)cs1. The van der Waals surface area contributed by atoms with Gasteiger partial charge in [0, 0.05) is 43.3 Å². The van der Waals surface area contributed by atoms with Crippen molar-refractivity contribution in [2.75, 3.05) is 25.5 Å². The van der Waals surface area contributed by atoms with E-state index in [4.69, 9.17) is 4.98 Å². The van der Waals surface area contributed by atoms with Crippen LogP contribution >= 0.6 is 11.3 Å². The third kappa shape index (κ3) is 3.15. The summed E-state index contributed by atoms with van der Waals surface area (Å²) < 4.78 is 2.08. The molecule has 0 aliphatic carbocycles. The molecule has 0 radical (unpaired) electrons. The molecular weight excluding hydrogens is 394 g/mol. The van der Waals surface area contributed by atoms with Gasteiger partial charge in [-0.2, -0.15) is 0 Å². The predicted octanol–water partition coefficient (Wildman–Crippen LogP) is 4.05. The van der Waals surface area contributed by atoms with Crippen LogP contribution in [0.1, 0.15) is 34.6 Å². The molecule has 1 amide bonds. The molecule has 1 aliphatic rings. The number of hydrogen-bond donors (Lipinski definition) is 1.